The molecule has 4 nitrogen and oxygen atoms in total. The monoisotopic (exact) mass is 292 g/mol. The van der Waals surface area contributed by atoms with Gasteiger partial charge in [-0.25, -0.2) is 0 Å². The fraction of sp³-hybridized carbons (Fsp3) is 0.647. The second kappa shape index (κ2) is 7.78. The molecule has 0 amide bonds. The Morgan fingerprint density at radius 3 is 2.62 bits per heavy atom. The van der Waals surface area contributed by atoms with Crippen LogP contribution in [0.15, 0.2) is 24.3 Å². The van der Waals surface area contributed by atoms with E-state index in [4.69, 9.17) is 4.74 Å². The Hall–Kier alpha value is -1.10. The van der Waals surface area contributed by atoms with E-state index >= 15 is 0 Å². The number of ether oxygens (including phenoxy) is 1. The Bertz CT molecular complexity index is 419. The van der Waals surface area contributed by atoms with Crippen LogP contribution in [0.25, 0.3) is 0 Å². The van der Waals surface area contributed by atoms with Crippen molar-refractivity contribution < 1.29 is 9.84 Å². The predicted octanol–water partition coefficient (Wildman–Crippen LogP) is 2.05. The summed E-state index contributed by atoms with van der Waals surface area (Å²) < 4.78 is 5.71. The molecule has 0 bridgehead atoms. The third-order valence-corrected chi connectivity index (χ3v) is 3.86. The summed E-state index contributed by atoms with van der Waals surface area (Å²) in [6.07, 6.45) is 0. The zero-order valence-corrected chi connectivity index (χ0v) is 13.4. The van der Waals surface area contributed by atoms with E-state index in [1.807, 2.05) is 12.1 Å². The van der Waals surface area contributed by atoms with Crippen LogP contribution >= 0.6 is 0 Å². The van der Waals surface area contributed by atoms with Gasteiger partial charge in [-0.3, -0.25) is 4.90 Å². The summed E-state index contributed by atoms with van der Waals surface area (Å²) in [7, 11) is 0. The number of rotatable bonds is 6. The first-order valence-corrected chi connectivity index (χ1v) is 7.91. The molecule has 118 valence electrons. The van der Waals surface area contributed by atoms with E-state index in [0.717, 1.165) is 37.6 Å². The minimum atomic E-state index is 0.0775. The maximum atomic E-state index is 9.77. The van der Waals surface area contributed by atoms with Gasteiger partial charge in [0.25, 0.3) is 0 Å². The highest BCUT2D eigenvalue weighted by molar-refractivity contribution is 5.29. The van der Waals surface area contributed by atoms with Gasteiger partial charge in [0.1, 0.15) is 5.75 Å². The number of nitrogens with zero attached hydrogens (tertiary/aromatic N) is 1. The van der Waals surface area contributed by atoms with Crippen molar-refractivity contribution in [2.75, 3.05) is 32.8 Å². The predicted molar refractivity (Wildman–Crippen MR) is 85.6 cm³/mol. The summed E-state index contributed by atoms with van der Waals surface area (Å²) in [5, 5.41) is 13.2. The van der Waals surface area contributed by atoms with Crippen molar-refractivity contribution in [3.63, 3.8) is 0 Å². The standard InChI is InChI=1S/C17H28N2O2/c1-13(2)12-21-16-6-4-15(5-7-16)17(11-20)19-9-8-18-14(3)10-19/h4-7,13-14,17-18,20H,8-12H2,1-3H3. The smallest absolute Gasteiger partial charge is 0.119 e. The number of hydrogen-bond acceptors (Lipinski definition) is 4. The van der Waals surface area contributed by atoms with Gasteiger partial charge in [0.2, 0.25) is 0 Å². The SMILES string of the molecule is CC(C)COc1ccc(C(CO)N2CCNC(C)C2)cc1. The van der Waals surface area contributed by atoms with Gasteiger partial charge in [-0.1, -0.05) is 26.0 Å². The summed E-state index contributed by atoms with van der Waals surface area (Å²) in [6, 6.07) is 8.71. The van der Waals surface area contributed by atoms with E-state index in [1.165, 1.54) is 0 Å². The first kappa shape index (κ1) is 16.3. The highest BCUT2D eigenvalue weighted by Gasteiger charge is 2.24. The lowest BCUT2D eigenvalue weighted by atomic mass is 10.0. The van der Waals surface area contributed by atoms with Crippen molar-refractivity contribution in [2.45, 2.75) is 32.9 Å². The molecule has 1 aromatic rings. The summed E-state index contributed by atoms with van der Waals surface area (Å²) in [5.41, 5.74) is 1.16. The fourth-order valence-corrected chi connectivity index (χ4v) is 2.73. The average Bonchev–Trinajstić information content (AvgIpc) is 2.47. The molecule has 1 aliphatic rings. The molecule has 1 heterocycles. The summed E-state index contributed by atoms with van der Waals surface area (Å²) >= 11 is 0. The number of hydrogen-bond donors (Lipinski definition) is 2. The van der Waals surface area contributed by atoms with Crippen molar-refractivity contribution in [2.24, 2.45) is 5.92 Å². The van der Waals surface area contributed by atoms with E-state index in [-0.39, 0.29) is 12.6 Å². The molecular formula is C17H28N2O2. The van der Waals surface area contributed by atoms with Crippen LogP contribution in [0.2, 0.25) is 0 Å². The van der Waals surface area contributed by atoms with E-state index in [2.05, 4.69) is 43.1 Å². The number of nitrogens with one attached hydrogen (secondary N) is 1. The van der Waals surface area contributed by atoms with Gasteiger partial charge in [0.05, 0.1) is 19.3 Å². The molecule has 21 heavy (non-hydrogen) atoms. The lowest BCUT2D eigenvalue weighted by Crippen LogP contribution is -2.50. The van der Waals surface area contributed by atoms with Crippen LogP contribution in [-0.4, -0.2) is 48.9 Å². The molecule has 0 aliphatic carbocycles. The fourth-order valence-electron chi connectivity index (χ4n) is 2.73. The van der Waals surface area contributed by atoms with Crippen LogP contribution < -0.4 is 10.1 Å². The topological polar surface area (TPSA) is 44.7 Å². The number of aliphatic hydroxyl groups is 1. The quantitative estimate of drug-likeness (QED) is 0.842. The molecule has 1 saturated heterocycles. The first-order valence-electron chi connectivity index (χ1n) is 7.91. The van der Waals surface area contributed by atoms with E-state index in [9.17, 15) is 5.11 Å². The zero-order valence-electron chi connectivity index (χ0n) is 13.4. The Morgan fingerprint density at radius 2 is 2.05 bits per heavy atom. The van der Waals surface area contributed by atoms with Crippen molar-refractivity contribution in [1.82, 2.24) is 10.2 Å². The highest BCUT2D eigenvalue weighted by Crippen LogP contribution is 2.24. The van der Waals surface area contributed by atoms with Gasteiger partial charge in [-0.2, -0.15) is 0 Å². The van der Waals surface area contributed by atoms with Crippen LogP contribution in [0.3, 0.4) is 0 Å². The number of aliphatic hydroxyl groups excluding tert-OH is 1. The van der Waals surface area contributed by atoms with Crippen LogP contribution in [-0.2, 0) is 0 Å². The maximum absolute atomic E-state index is 9.77. The van der Waals surface area contributed by atoms with E-state index in [0.29, 0.717) is 12.0 Å². The van der Waals surface area contributed by atoms with Gasteiger partial charge < -0.3 is 15.2 Å². The third-order valence-electron chi connectivity index (χ3n) is 3.86. The summed E-state index contributed by atoms with van der Waals surface area (Å²) in [5.74, 6) is 1.43. The Morgan fingerprint density at radius 1 is 1.33 bits per heavy atom. The molecule has 0 aromatic heterocycles. The molecule has 2 atom stereocenters. The van der Waals surface area contributed by atoms with Crippen molar-refractivity contribution in [1.29, 1.82) is 0 Å². The largest absolute Gasteiger partial charge is 0.493 e. The Kier molecular flexibility index (Phi) is 6.03. The van der Waals surface area contributed by atoms with Crippen LogP contribution in [0, 0.1) is 5.92 Å². The average molecular weight is 292 g/mol. The van der Waals surface area contributed by atoms with Gasteiger partial charge >= 0.3 is 0 Å². The summed E-state index contributed by atoms with van der Waals surface area (Å²) in [4.78, 5) is 2.35. The van der Waals surface area contributed by atoms with Crippen LogP contribution in [0.4, 0.5) is 0 Å². The lowest BCUT2D eigenvalue weighted by molar-refractivity contribution is 0.0962. The van der Waals surface area contributed by atoms with E-state index in [1.54, 1.807) is 0 Å². The molecule has 2 unspecified atom stereocenters. The normalized spacial score (nSPS) is 21.5. The van der Waals surface area contributed by atoms with Crippen molar-refractivity contribution in [3.05, 3.63) is 29.8 Å². The minimum absolute atomic E-state index is 0.0775. The maximum Gasteiger partial charge on any atom is 0.119 e. The van der Waals surface area contributed by atoms with Gasteiger partial charge in [0, 0.05) is 25.7 Å². The number of piperazine rings is 1. The van der Waals surface area contributed by atoms with Gasteiger partial charge in [-0.05, 0) is 30.5 Å². The molecule has 1 fully saturated rings. The third kappa shape index (κ3) is 4.70. The van der Waals surface area contributed by atoms with E-state index < -0.39 is 0 Å². The molecule has 4 heteroatoms. The molecule has 1 aromatic carbocycles. The molecule has 0 spiro atoms. The van der Waals surface area contributed by atoms with Crippen molar-refractivity contribution >= 4 is 0 Å². The molecular weight excluding hydrogens is 264 g/mol. The molecule has 2 rings (SSSR count). The Labute approximate surface area is 128 Å². The molecule has 1 aliphatic heterocycles. The molecule has 0 saturated carbocycles. The Balaban J connectivity index is 2.01. The first-order chi connectivity index (χ1) is 10.1. The van der Waals surface area contributed by atoms with Crippen molar-refractivity contribution in [3.8, 4) is 5.75 Å². The number of benzene rings is 1. The lowest BCUT2D eigenvalue weighted by Gasteiger charge is -2.37. The second-order valence-electron chi connectivity index (χ2n) is 6.32. The molecule has 0 radical (unpaired) electrons. The van der Waals surface area contributed by atoms with Gasteiger partial charge in [0.15, 0.2) is 0 Å². The zero-order chi connectivity index (χ0) is 15.2. The van der Waals surface area contributed by atoms with Crippen LogP contribution in [0.1, 0.15) is 32.4 Å². The minimum Gasteiger partial charge on any atom is -0.493 e. The molecule has 2 N–H and O–H groups in total. The highest BCUT2D eigenvalue weighted by atomic mass is 16.5. The van der Waals surface area contributed by atoms with Gasteiger partial charge in [-0.15, -0.1) is 0 Å². The van der Waals surface area contributed by atoms with Crippen LogP contribution in [0.5, 0.6) is 5.75 Å². The summed E-state index contributed by atoms with van der Waals surface area (Å²) in [6.45, 7) is 10.3. The second-order valence-corrected chi connectivity index (χ2v) is 6.32.